The van der Waals surface area contributed by atoms with Crippen molar-refractivity contribution in [1.29, 1.82) is 0 Å². The van der Waals surface area contributed by atoms with Crippen molar-refractivity contribution in [2.75, 3.05) is 6.61 Å². The molecular formula is C7H10N2OS. The zero-order valence-corrected chi connectivity index (χ0v) is 7.36. The number of aromatic amines is 1. The molecule has 0 fully saturated rings. The smallest absolute Gasteiger partial charge is 0.212 e. The van der Waals surface area contributed by atoms with Gasteiger partial charge in [0.2, 0.25) is 5.05 Å². The lowest BCUT2D eigenvalue weighted by molar-refractivity contribution is 0.336. The van der Waals surface area contributed by atoms with Crippen molar-refractivity contribution in [3.8, 4) is 0 Å². The second-order valence-electron chi connectivity index (χ2n) is 2.10. The first-order chi connectivity index (χ1) is 5.25. The fourth-order valence-electron chi connectivity index (χ4n) is 0.764. The van der Waals surface area contributed by atoms with Crippen LogP contribution in [0, 0.1) is 6.92 Å². The lowest BCUT2D eigenvalue weighted by Gasteiger charge is -2.01. The third kappa shape index (κ3) is 1.77. The lowest BCUT2D eigenvalue weighted by Crippen LogP contribution is -2.04. The Balaban J connectivity index is 2.76. The van der Waals surface area contributed by atoms with Crippen LogP contribution in [0.4, 0.5) is 0 Å². The molecule has 60 valence electrons. The van der Waals surface area contributed by atoms with Crippen molar-refractivity contribution in [2.24, 2.45) is 0 Å². The number of aryl methyl sites for hydroxylation is 1. The third-order valence-corrected chi connectivity index (χ3v) is 1.61. The summed E-state index contributed by atoms with van der Waals surface area (Å²) in [4.78, 5) is 6.94. The molecule has 0 aliphatic carbocycles. The van der Waals surface area contributed by atoms with E-state index in [9.17, 15) is 0 Å². The second kappa shape index (κ2) is 3.48. The maximum absolute atomic E-state index is 5.12. The van der Waals surface area contributed by atoms with E-state index in [4.69, 9.17) is 17.0 Å². The average Bonchev–Trinajstić information content (AvgIpc) is 2.36. The van der Waals surface area contributed by atoms with Crippen molar-refractivity contribution in [2.45, 2.75) is 13.8 Å². The first-order valence-electron chi connectivity index (χ1n) is 3.42. The van der Waals surface area contributed by atoms with E-state index < -0.39 is 0 Å². The first kappa shape index (κ1) is 8.20. The van der Waals surface area contributed by atoms with Gasteiger partial charge < -0.3 is 9.72 Å². The summed E-state index contributed by atoms with van der Waals surface area (Å²) in [5.41, 5.74) is 1.69. The van der Waals surface area contributed by atoms with Gasteiger partial charge in [-0.25, -0.2) is 4.98 Å². The van der Waals surface area contributed by atoms with Crippen LogP contribution >= 0.6 is 12.2 Å². The summed E-state index contributed by atoms with van der Waals surface area (Å²) in [6.45, 7) is 4.40. The predicted octanol–water partition coefficient (Wildman–Crippen LogP) is 1.43. The number of thiocarbonyl (C=S) groups is 1. The largest absolute Gasteiger partial charge is 0.482 e. The topological polar surface area (TPSA) is 37.9 Å². The Bertz CT molecular complexity index is 257. The molecule has 1 rings (SSSR count). The van der Waals surface area contributed by atoms with Crippen LogP contribution in [0.25, 0.3) is 0 Å². The van der Waals surface area contributed by atoms with E-state index in [1.165, 1.54) is 0 Å². The van der Waals surface area contributed by atoms with Crippen molar-refractivity contribution in [1.82, 2.24) is 9.97 Å². The van der Waals surface area contributed by atoms with Crippen molar-refractivity contribution in [3.63, 3.8) is 0 Å². The summed E-state index contributed by atoms with van der Waals surface area (Å²) >= 11 is 4.96. The number of hydrogen-bond donors (Lipinski definition) is 1. The van der Waals surface area contributed by atoms with Crippen molar-refractivity contribution in [3.05, 3.63) is 17.7 Å². The minimum Gasteiger partial charge on any atom is -0.482 e. The van der Waals surface area contributed by atoms with Gasteiger partial charge in [-0.15, -0.1) is 0 Å². The van der Waals surface area contributed by atoms with Gasteiger partial charge in [0.15, 0.2) is 0 Å². The Labute approximate surface area is 70.8 Å². The molecule has 0 radical (unpaired) electrons. The van der Waals surface area contributed by atoms with E-state index in [1.54, 1.807) is 6.33 Å². The Morgan fingerprint density at radius 3 is 3.00 bits per heavy atom. The van der Waals surface area contributed by atoms with Crippen molar-refractivity contribution >= 4 is 17.3 Å². The molecule has 0 unspecified atom stereocenters. The van der Waals surface area contributed by atoms with Crippen LogP contribution in [-0.4, -0.2) is 21.6 Å². The number of hydrogen-bond acceptors (Lipinski definition) is 3. The molecule has 0 aliphatic heterocycles. The maximum atomic E-state index is 5.12. The van der Waals surface area contributed by atoms with Gasteiger partial charge in [0, 0.05) is 5.69 Å². The molecule has 4 heteroatoms. The second-order valence-corrected chi connectivity index (χ2v) is 2.47. The molecule has 0 saturated heterocycles. The summed E-state index contributed by atoms with van der Waals surface area (Å²) in [6, 6.07) is 0. The van der Waals surface area contributed by atoms with Gasteiger partial charge in [-0.05, 0) is 26.1 Å². The van der Waals surface area contributed by atoms with Gasteiger partial charge in [-0.1, -0.05) is 0 Å². The van der Waals surface area contributed by atoms with E-state index in [-0.39, 0.29) is 0 Å². The fourth-order valence-corrected chi connectivity index (χ4v) is 1.09. The summed E-state index contributed by atoms with van der Waals surface area (Å²) in [5, 5.41) is 0.464. The Morgan fingerprint density at radius 2 is 2.55 bits per heavy atom. The minimum absolute atomic E-state index is 0.464. The highest BCUT2D eigenvalue weighted by molar-refractivity contribution is 7.80. The molecule has 0 spiro atoms. The maximum Gasteiger partial charge on any atom is 0.212 e. The van der Waals surface area contributed by atoms with Crippen LogP contribution in [0.15, 0.2) is 6.33 Å². The standard InChI is InChI=1S/C7H10N2OS/c1-3-10-7(11)6-5(2)8-4-9-6/h4H,3H2,1-2H3,(H,8,9). The molecule has 11 heavy (non-hydrogen) atoms. The van der Waals surface area contributed by atoms with E-state index >= 15 is 0 Å². The SMILES string of the molecule is CCOC(=S)c1nc[nH]c1C. The molecule has 3 nitrogen and oxygen atoms in total. The zero-order chi connectivity index (χ0) is 8.27. The van der Waals surface area contributed by atoms with Gasteiger partial charge in [0.1, 0.15) is 5.69 Å². The van der Waals surface area contributed by atoms with Crippen LogP contribution < -0.4 is 0 Å². The number of ether oxygens (including phenoxy) is 1. The van der Waals surface area contributed by atoms with Gasteiger partial charge in [-0.3, -0.25) is 0 Å². The molecule has 0 amide bonds. The minimum atomic E-state index is 0.464. The average molecular weight is 170 g/mol. The number of nitrogens with one attached hydrogen (secondary N) is 1. The number of rotatable bonds is 2. The number of imidazole rings is 1. The first-order valence-corrected chi connectivity index (χ1v) is 3.83. The van der Waals surface area contributed by atoms with Gasteiger partial charge >= 0.3 is 0 Å². The zero-order valence-electron chi connectivity index (χ0n) is 6.55. The van der Waals surface area contributed by atoms with E-state index in [0.29, 0.717) is 11.7 Å². The third-order valence-electron chi connectivity index (χ3n) is 1.30. The monoisotopic (exact) mass is 170 g/mol. The van der Waals surface area contributed by atoms with Crippen LogP contribution in [0.2, 0.25) is 0 Å². The molecule has 0 atom stereocenters. The summed E-state index contributed by atoms with van der Waals surface area (Å²) in [6.07, 6.45) is 1.61. The summed E-state index contributed by atoms with van der Waals surface area (Å²) < 4.78 is 5.12. The summed E-state index contributed by atoms with van der Waals surface area (Å²) in [5.74, 6) is 0. The van der Waals surface area contributed by atoms with Crippen LogP contribution in [0.3, 0.4) is 0 Å². The Kier molecular flexibility index (Phi) is 2.59. The lowest BCUT2D eigenvalue weighted by atomic mass is 10.4. The summed E-state index contributed by atoms with van der Waals surface area (Å²) in [7, 11) is 0. The number of nitrogens with zero attached hydrogens (tertiary/aromatic N) is 1. The van der Waals surface area contributed by atoms with E-state index in [0.717, 1.165) is 11.4 Å². The van der Waals surface area contributed by atoms with Crippen LogP contribution in [0.1, 0.15) is 18.3 Å². The number of H-pyrrole nitrogens is 1. The van der Waals surface area contributed by atoms with Gasteiger partial charge in [-0.2, -0.15) is 0 Å². The Morgan fingerprint density at radius 1 is 1.82 bits per heavy atom. The Hall–Kier alpha value is -0.900. The number of aromatic nitrogens is 2. The van der Waals surface area contributed by atoms with Gasteiger partial charge in [0.05, 0.1) is 12.9 Å². The molecule has 0 bridgehead atoms. The van der Waals surface area contributed by atoms with Crippen LogP contribution in [-0.2, 0) is 4.74 Å². The van der Waals surface area contributed by atoms with E-state index in [2.05, 4.69) is 9.97 Å². The fraction of sp³-hybridized carbons (Fsp3) is 0.429. The highest BCUT2D eigenvalue weighted by Crippen LogP contribution is 2.03. The molecule has 1 aromatic rings. The predicted molar refractivity (Wildman–Crippen MR) is 46.7 cm³/mol. The van der Waals surface area contributed by atoms with Crippen LogP contribution in [0.5, 0.6) is 0 Å². The molecular weight excluding hydrogens is 160 g/mol. The highest BCUT2D eigenvalue weighted by Gasteiger charge is 2.06. The quantitative estimate of drug-likeness (QED) is 0.682. The molecule has 0 saturated carbocycles. The highest BCUT2D eigenvalue weighted by atomic mass is 32.1. The molecule has 1 heterocycles. The van der Waals surface area contributed by atoms with Crippen molar-refractivity contribution < 1.29 is 4.74 Å². The molecule has 0 aromatic carbocycles. The molecule has 1 aromatic heterocycles. The normalized spacial score (nSPS) is 9.64. The van der Waals surface area contributed by atoms with Gasteiger partial charge in [0.25, 0.3) is 0 Å². The van der Waals surface area contributed by atoms with E-state index in [1.807, 2.05) is 13.8 Å². The molecule has 1 N–H and O–H groups in total. The molecule has 0 aliphatic rings.